The van der Waals surface area contributed by atoms with E-state index in [1.807, 2.05) is 35.7 Å². The minimum Gasteiger partial charge on any atom is -0.320 e. The van der Waals surface area contributed by atoms with Crippen molar-refractivity contribution in [1.82, 2.24) is 0 Å². The van der Waals surface area contributed by atoms with Gasteiger partial charge in [-0.25, -0.2) is 0 Å². The van der Waals surface area contributed by atoms with Gasteiger partial charge in [0.25, 0.3) is 0 Å². The van der Waals surface area contributed by atoms with Gasteiger partial charge >= 0.3 is 0 Å². The first-order valence-electron chi connectivity index (χ1n) is 4.42. The summed E-state index contributed by atoms with van der Waals surface area (Å²) in [6.07, 6.45) is 0. The maximum atomic E-state index is 6.13. The number of nitrogens with two attached hydrogens (primary N) is 1. The number of thiophene rings is 1. The second kappa shape index (κ2) is 4.66. The highest BCUT2D eigenvalue weighted by molar-refractivity contribution is 9.11. The first-order valence-corrected chi connectivity index (χ1v) is 6.47. The van der Waals surface area contributed by atoms with Crippen LogP contribution < -0.4 is 5.73 Å². The molecule has 0 amide bonds. The van der Waals surface area contributed by atoms with Gasteiger partial charge in [-0.2, -0.15) is 0 Å². The Morgan fingerprint density at radius 1 is 1.33 bits per heavy atom. The summed E-state index contributed by atoms with van der Waals surface area (Å²) in [5.41, 5.74) is 8.18. The van der Waals surface area contributed by atoms with E-state index < -0.39 is 0 Å². The molecule has 2 rings (SSSR count). The van der Waals surface area contributed by atoms with E-state index in [0.717, 1.165) is 14.9 Å². The molecule has 78 valence electrons. The molecule has 0 spiro atoms. The second-order valence-corrected chi connectivity index (χ2v) is 5.88. The molecule has 0 saturated heterocycles. The van der Waals surface area contributed by atoms with Crippen LogP contribution in [0.5, 0.6) is 0 Å². The van der Waals surface area contributed by atoms with Crippen LogP contribution in [0.2, 0.25) is 5.02 Å². The summed E-state index contributed by atoms with van der Waals surface area (Å²) in [7, 11) is 0. The number of hydrogen-bond acceptors (Lipinski definition) is 2. The predicted octanol–water partition coefficient (Wildman–Crippen LogP) is 4.21. The largest absolute Gasteiger partial charge is 0.320 e. The highest BCUT2D eigenvalue weighted by atomic mass is 79.9. The Labute approximate surface area is 106 Å². The lowest BCUT2D eigenvalue weighted by atomic mass is 10.0. The normalized spacial score (nSPS) is 12.7. The van der Waals surface area contributed by atoms with Crippen molar-refractivity contribution in [2.75, 3.05) is 0 Å². The fraction of sp³-hybridized carbons (Fsp3) is 0.0909. The highest BCUT2D eigenvalue weighted by Crippen LogP contribution is 2.30. The first-order chi connectivity index (χ1) is 7.18. The SMILES string of the molecule is NC(c1csc(Br)c1)c1ccccc1Cl. The van der Waals surface area contributed by atoms with Crippen molar-refractivity contribution in [3.8, 4) is 0 Å². The van der Waals surface area contributed by atoms with E-state index in [9.17, 15) is 0 Å². The van der Waals surface area contributed by atoms with Gasteiger partial charge in [0, 0.05) is 5.02 Å². The summed E-state index contributed by atoms with van der Waals surface area (Å²) in [6.45, 7) is 0. The molecule has 0 fully saturated rings. The zero-order chi connectivity index (χ0) is 10.8. The lowest BCUT2D eigenvalue weighted by Crippen LogP contribution is -2.11. The zero-order valence-corrected chi connectivity index (χ0v) is 10.9. The van der Waals surface area contributed by atoms with Gasteiger partial charge in [-0.1, -0.05) is 29.8 Å². The molecular formula is C11H9BrClNS. The number of rotatable bonds is 2. The van der Waals surface area contributed by atoms with Crippen LogP contribution in [0, 0.1) is 0 Å². The Morgan fingerprint density at radius 3 is 2.67 bits per heavy atom. The summed E-state index contributed by atoms with van der Waals surface area (Å²) in [6, 6.07) is 9.54. The minimum absolute atomic E-state index is 0.152. The summed E-state index contributed by atoms with van der Waals surface area (Å²) >= 11 is 11.1. The van der Waals surface area contributed by atoms with Gasteiger partial charge in [-0.05, 0) is 44.6 Å². The van der Waals surface area contributed by atoms with E-state index in [2.05, 4.69) is 15.9 Å². The van der Waals surface area contributed by atoms with Crippen LogP contribution in [0.1, 0.15) is 17.2 Å². The van der Waals surface area contributed by atoms with E-state index in [1.54, 1.807) is 11.3 Å². The smallest absolute Gasteiger partial charge is 0.0701 e. The van der Waals surface area contributed by atoms with E-state index in [-0.39, 0.29) is 6.04 Å². The van der Waals surface area contributed by atoms with Gasteiger partial charge in [0.2, 0.25) is 0 Å². The Balaban J connectivity index is 2.36. The summed E-state index contributed by atoms with van der Waals surface area (Å²) < 4.78 is 1.08. The van der Waals surface area contributed by atoms with Crippen LogP contribution in [0.4, 0.5) is 0 Å². The molecule has 0 aliphatic heterocycles. The summed E-state index contributed by atoms with van der Waals surface area (Å²) in [5.74, 6) is 0. The lowest BCUT2D eigenvalue weighted by Gasteiger charge is -2.11. The van der Waals surface area contributed by atoms with Gasteiger partial charge < -0.3 is 5.73 Å². The van der Waals surface area contributed by atoms with Crippen molar-refractivity contribution in [3.05, 3.63) is 55.6 Å². The molecule has 1 heterocycles. The molecular weight excluding hydrogens is 294 g/mol. The monoisotopic (exact) mass is 301 g/mol. The Morgan fingerprint density at radius 2 is 2.07 bits per heavy atom. The van der Waals surface area contributed by atoms with Crippen LogP contribution in [0.15, 0.2) is 39.5 Å². The van der Waals surface area contributed by atoms with E-state index in [0.29, 0.717) is 5.02 Å². The lowest BCUT2D eigenvalue weighted by molar-refractivity contribution is 0.877. The molecule has 1 aromatic heterocycles. The van der Waals surface area contributed by atoms with Crippen LogP contribution in [0.25, 0.3) is 0 Å². The molecule has 0 aliphatic rings. The molecule has 0 bridgehead atoms. The molecule has 0 saturated carbocycles. The molecule has 0 aliphatic carbocycles. The molecule has 4 heteroatoms. The third kappa shape index (κ3) is 2.42. The molecule has 1 unspecified atom stereocenters. The Hall–Kier alpha value is -0.350. The second-order valence-electron chi connectivity index (χ2n) is 3.18. The van der Waals surface area contributed by atoms with Crippen LogP contribution >= 0.6 is 38.9 Å². The standard InChI is InChI=1S/C11H9BrClNS/c12-10-5-7(6-15-10)11(14)8-3-1-2-4-9(8)13/h1-6,11H,14H2. The average molecular weight is 303 g/mol. The van der Waals surface area contributed by atoms with Crippen LogP contribution in [-0.4, -0.2) is 0 Å². The van der Waals surface area contributed by atoms with Crippen molar-refractivity contribution in [1.29, 1.82) is 0 Å². The van der Waals surface area contributed by atoms with E-state index in [4.69, 9.17) is 17.3 Å². The van der Waals surface area contributed by atoms with Crippen LogP contribution in [0.3, 0.4) is 0 Å². The molecule has 2 aromatic rings. The van der Waals surface area contributed by atoms with Crippen LogP contribution in [-0.2, 0) is 0 Å². The molecule has 1 aromatic carbocycles. The third-order valence-electron chi connectivity index (χ3n) is 2.19. The number of benzene rings is 1. The number of hydrogen-bond donors (Lipinski definition) is 1. The van der Waals surface area contributed by atoms with E-state index >= 15 is 0 Å². The first kappa shape index (κ1) is 11.1. The van der Waals surface area contributed by atoms with Gasteiger partial charge in [0.1, 0.15) is 0 Å². The molecule has 1 nitrogen and oxygen atoms in total. The van der Waals surface area contributed by atoms with Crippen molar-refractivity contribution >= 4 is 38.9 Å². The van der Waals surface area contributed by atoms with Crippen molar-refractivity contribution in [2.45, 2.75) is 6.04 Å². The molecule has 2 N–H and O–H groups in total. The summed E-state index contributed by atoms with van der Waals surface area (Å²) in [4.78, 5) is 0. The predicted molar refractivity (Wildman–Crippen MR) is 69.5 cm³/mol. The van der Waals surface area contributed by atoms with E-state index in [1.165, 1.54) is 0 Å². The maximum absolute atomic E-state index is 6.13. The van der Waals surface area contributed by atoms with Crippen molar-refractivity contribution in [3.63, 3.8) is 0 Å². The molecule has 1 atom stereocenters. The average Bonchev–Trinajstić information content (AvgIpc) is 2.65. The van der Waals surface area contributed by atoms with Gasteiger partial charge in [0.05, 0.1) is 9.83 Å². The number of halogens is 2. The maximum Gasteiger partial charge on any atom is 0.0701 e. The zero-order valence-electron chi connectivity index (χ0n) is 7.78. The van der Waals surface area contributed by atoms with Crippen molar-refractivity contribution < 1.29 is 0 Å². The van der Waals surface area contributed by atoms with Gasteiger partial charge in [-0.15, -0.1) is 11.3 Å². The Bertz CT molecular complexity index is 469. The fourth-order valence-electron chi connectivity index (χ4n) is 1.39. The van der Waals surface area contributed by atoms with Gasteiger partial charge in [0.15, 0.2) is 0 Å². The fourth-order valence-corrected chi connectivity index (χ4v) is 2.86. The quantitative estimate of drug-likeness (QED) is 0.883. The Kier molecular flexibility index (Phi) is 3.46. The minimum atomic E-state index is -0.152. The topological polar surface area (TPSA) is 26.0 Å². The molecule has 0 radical (unpaired) electrons. The summed E-state index contributed by atoms with van der Waals surface area (Å²) in [5, 5.41) is 2.75. The highest BCUT2D eigenvalue weighted by Gasteiger charge is 2.12. The third-order valence-corrected chi connectivity index (χ3v) is 4.05. The molecule has 15 heavy (non-hydrogen) atoms. The van der Waals surface area contributed by atoms with Gasteiger partial charge in [-0.3, -0.25) is 0 Å². The van der Waals surface area contributed by atoms with Crippen molar-refractivity contribution in [2.24, 2.45) is 5.73 Å².